The number of imide groups is 2. The summed E-state index contributed by atoms with van der Waals surface area (Å²) in [5.41, 5.74) is 13.3. The number of carboxylic acids is 1. The van der Waals surface area contributed by atoms with Crippen molar-refractivity contribution < 1.29 is 52.9 Å². The summed E-state index contributed by atoms with van der Waals surface area (Å²) in [5.74, 6) is 1.61. The number of rotatable bonds is 19. The van der Waals surface area contributed by atoms with Crippen molar-refractivity contribution in [3.8, 4) is 23.6 Å². The maximum absolute atomic E-state index is 13.5. The number of pyridine rings is 2. The van der Waals surface area contributed by atoms with E-state index < -0.39 is 24.0 Å². The number of halogens is 1. The van der Waals surface area contributed by atoms with Crippen molar-refractivity contribution in [3.05, 3.63) is 165 Å². The number of carbonyl (C=O) groups excluding carboxylic acids is 7. The van der Waals surface area contributed by atoms with Crippen LogP contribution < -0.4 is 61.4 Å². The summed E-state index contributed by atoms with van der Waals surface area (Å²) in [6.45, 7) is 38.3. The van der Waals surface area contributed by atoms with Crippen LogP contribution in [0.25, 0.3) is 0 Å². The standard InChI is InChI=1S/C45H56N8O5.C40H50N6O4.C5H8N2O2.ClH/c1-28-23-34(24-29(2)35(28)25-46)58-43-44(3,4)42(45(43,5)6)50-39(55)31-7-10-33(11-8-31)52-17-15-30(16-18-52)27-51-19-21-53(22-20-51)37-13-9-32(26-47-37)40(56)48-36-12-14-38(54)49-41(36)57;1-26-21-32(22-27(2)33(26)23-41)50-38-39(3,4)37(40(38,5)6)43-35(47)29-7-10-31(11-8-29)45-15-13-28(14-16-45)25-44-17-19-46(20-18-44)34-12-9-30(24-42-34)36(48)49;6-3-1-2-4(8)7-5(3)9;/h7-11,13,23-24,26,30,36,42-43H,12,14-22,27H2,1-6H3,(H,48,56)(H,50,55)(H,49,54,57);7-12,21-22,24,28,37-38H,13-20,25H2,1-6H3,(H,43,47)(H,48,49);3H,1-2,6H2,(H,7,8,9);1H/t36-,42?,43?;;3-;/m0.0./s1. The second-order valence-electron chi connectivity index (χ2n) is 35.4. The van der Waals surface area contributed by atoms with Crippen molar-refractivity contribution in [2.75, 3.05) is 111 Å². The van der Waals surface area contributed by atoms with Gasteiger partial charge >= 0.3 is 5.97 Å². The van der Waals surface area contributed by atoms with Crippen LogP contribution in [0, 0.1) is 83.9 Å². The van der Waals surface area contributed by atoms with E-state index in [2.05, 4.69) is 158 Å². The lowest BCUT2D eigenvalue weighted by Crippen LogP contribution is -2.74. The van der Waals surface area contributed by atoms with Crippen LogP contribution in [-0.4, -0.2) is 200 Å². The Hall–Kier alpha value is -10.7. The molecule has 2 saturated carbocycles. The highest BCUT2D eigenvalue weighted by Gasteiger charge is 2.65. The molecule has 0 radical (unpaired) electrons. The van der Waals surface area contributed by atoms with E-state index in [-0.39, 0.29) is 106 Å². The van der Waals surface area contributed by atoms with E-state index in [0.717, 1.165) is 174 Å². The third-order valence-electron chi connectivity index (χ3n) is 25.4. The number of anilines is 4. The van der Waals surface area contributed by atoms with Gasteiger partial charge in [0.15, 0.2) is 0 Å². The molecule has 6 aliphatic heterocycles. The number of aromatic carboxylic acids is 1. The highest BCUT2D eigenvalue weighted by atomic mass is 35.5. The van der Waals surface area contributed by atoms with Gasteiger partial charge in [0.2, 0.25) is 23.6 Å². The molecule has 27 nitrogen and oxygen atoms in total. The van der Waals surface area contributed by atoms with E-state index in [0.29, 0.717) is 58.9 Å². The average Bonchev–Trinajstić information content (AvgIpc) is 0.711. The zero-order valence-electron chi connectivity index (χ0n) is 70.1. The second kappa shape index (κ2) is 37.1. The summed E-state index contributed by atoms with van der Waals surface area (Å²) in [7, 11) is 0. The molecule has 6 aromatic rings. The Balaban J connectivity index is 0.000000209. The van der Waals surface area contributed by atoms with Crippen LogP contribution in [-0.2, 0) is 19.2 Å². The number of hydrogen-bond donors (Lipinski definition) is 7. The molecular weight excluding hydrogens is 1520 g/mol. The van der Waals surface area contributed by atoms with E-state index in [9.17, 15) is 48.9 Å². The highest BCUT2D eigenvalue weighted by Crippen LogP contribution is 2.57. The lowest BCUT2D eigenvalue weighted by Gasteiger charge is -2.63. The number of nitriles is 2. The van der Waals surface area contributed by atoms with Gasteiger partial charge in [-0.25, -0.2) is 14.8 Å². The number of piperidine rings is 4. The predicted octanol–water partition coefficient (Wildman–Crippen LogP) is 9.85. The molecule has 0 bridgehead atoms. The summed E-state index contributed by atoms with van der Waals surface area (Å²) in [6, 6.07) is 34.0. The average molecular weight is 1630 g/mol. The number of hydrogen-bond acceptors (Lipinski definition) is 21. The van der Waals surface area contributed by atoms with Crippen LogP contribution >= 0.6 is 12.4 Å². The summed E-state index contributed by atoms with van der Waals surface area (Å²) >= 11 is 0. The number of carboxylic acid groups (broad SMARTS) is 1. The maximum atomic E-state index is 13.5. The van der Waals surface area contributed by atoms with Crippen LogP contribution in [0.15, 0.2) is 109 Å². The molecule has 628 valence electrons. The number of nitrogens with two attached hydrogens (primary N) is 1. The molecule has 2 aromatic heterocycles. The Bertz CT molecular complexity index is 4660. The Kier molecular flexibility index (Phi) is 27.7. The Morgan fingerprint density at radius 3 is 1.15 bits per heavy atom. The van der Waals surface area contributed by atoms with Crippen molar-refractivity contribution >= 4 is 82.7 Å². The first-order chi connectivity index (χ1) is 55.6. The zero-order valence-corrected chi connectivity index (χ0v) is 70.9. The van der Waals surface area contributed by atoms with Gasteiger partial charge < -0.3 is 55.9 Å². The predicted molar refractivity (Wildman–Crippen MR) is 454 cm³/mol. The van der Waals surface area contributed by atoms with Crippen molar-refractivity contribution in [1.82, 2.24) is 46.4 Å². The molecule has 2 atom stereocenters. The second-order valence-corrected chi connectivity index (χ2v) is 35.4. The largest absolute Gasteiger partial charge is 0.489 e. The molecule has 4 aromatic carbocycles. The number of aryl methyl sites for hydroxylation is 4. The van der Waals surface area contributed by atoms with Gasteiger partial charge in [0, 0.05) is 173 Å². The monoisotopic (exact) mass is 1630 g/mol. The molecule has 7 amide bonds. The Labute approximate surface area is 698 Å². The molecule has 14 rings (SSSR count). The Morgan fingerprint density at radius 2 is 0.822 bits per heavy atom. The minimum absolute atomic E-state index is 0. The fraction of sp³-hybridized carbons (Fsp3) is 0.511. The molecule has 2 aliphatic carbocycles. The van der Waals surface area contributed by atoms with Crippen molar-refractivity contribution in [2.24, 2.45) is 39.2 Å². The molecule has 0 spiro atoms. The van der Waals surface area contributed by atoms with Crippen LogP contribution in [0.1, 0.15) is 182 Å². The van der Waals surface area contributed by atoms with Gasteiger partial charge in [-0.3, -0.25) is 54.0 Å². The number of amides is 7. The molecule has 8 N–H and O–H groups in total. The SMILES string of the molecule is Cc1cc(OC2C(C)(C)C(NC(=O)c3ccc(N4CCC(CN5CCN(c6ccc(C(=O)N[C@H]7CCC(=O)NC7=O)cn6)CC5)CC4)cc3)C2(C)C)cc(C)c1C#N.Cc1cc(OC2C(C)(C)C(NC(=O)c3ccc(N4CCC(CN5CCN(c6ccc(C(=O)O)cn6)CC5)CC4)cc3)C2(C)C)cc(C)c1C#N.Cl.N[C@H]1CCC(=O)NC1=O. The van der Waals surface area contributed by atoms with Gasteiger partial charge in [0.1, 0.15) is 41.4 Å². The fourth-order valence-electron chi connectivity index (χ4n) is 19.3. The van der Waals surface area contributed by atoms with Crippen molar-refractivity contribution in [1.29, 1.82) is 10.5 Å². The zero-order chi connectivity index (χ0) is 84.0. The van der Waals surface area contributed by atoms with Crippen molar-refractivity contribution in [3.63, 3.8) is 0 Å². The van der Waals surface area contributed by atoms with Gasteiger partial charge in [0.25, 0.3) is 17.7 Å². The lowest BCUT2D eigenvalue weighted by molar-refractivity contribution is -0.164. The molecular formula is C90H115ClN16O11. The summed E-state index contributed by atoms with van der Waals surface area (Å²) < 4.78 is 13.1. The van der Waals surface area contributed by atoms with E-state index in [1.165, 1.54) is 6.20 Å². The minimum Gasteiger partial charge on any atom is -0.489 e. The molecule has 0 unspecified atom stereocenters. The van der Waals surface area contributed by atoms with E-state index in [1.54, 1.807) is 24.4 Å². The lowest BCUT2D eigenvalue weighted by atomic mass is 9.49. The number of piperazine rings is 2. The van der Waals surface area contributed by atoms with Crippen LogP contribution in [0.2, 0.25) is 0 Å². The summed E-state index contributed by atoms with van der Waals surface area (Å²) in [5, 5.41) is 41.8. The van der Waals surface area contributed by atoms with Gasteiger partial charge in [0.05, 0.1) is 40.4 Å². The molecule has 28 heteroatoms. The van der Waals surface area contributed by atoms with Crippen LogP contribution in [0.5, 0.6) is 11.5 Å². The Morgan fingerprint density at radius 1 is 0.475 bits per heavy atom. The third kappa shape index (κ3) is 20.0. The fourth-order valence-corrected chi connectivity index (χ4v) is 19.3. The van der Waals surface area contributed by atoms with Gasteiger partial charge in [-0.2, -0.15) is 10.5 Å². The summed E-state index contributed by atoms with van der Waals surface area (Å²) in [4.78, 5) is 119. The first kappa shape index (κ1) is 88.1. The number of nitrogens with zero attached hydrogens (tertiary/aromatic N) is 10. The highest BCUT2D eigenvalue weighted by molar-refractivity contribution is 6.04. The molecule has 8 heterocycles. The first-order valence-electron chi connectivity index (χ1n) is 41.1. The smallest absolute Gasteiger partial charge is 0.337 e. The van der Waals surface area contributed by atoms with E-state index >= 15 is 0 Å². The van der Waals surface area contributed by atoms with Gasteiger partial charge in [-0.1, -0.05) is 55.4 Å². The molecule has 6 saturated heterocycles. The normalized spacial score (nSPS) is 22.9. The number of benzene rings is 4. The molecule has 118 heavy (non-hydrogen) atoms. The maximum Gasteiger partial charge on any atom is 0.337 e. The van der Waals surface area contributed by atoms with Crippen molar-refractivity contribution in [2.45, 2.75) is 171 Å². The molecule has 8 fully saturated rings. The number of ether oxygens (including phenoxy) is 2. The van der Waals surface area contributed by atoms with Crippen LogP contribution in [0.3, 0.4) is 0 Å². The first-order valence-corrected chi connectivity index (χ1v) is 41.1. The third-order valence-corrected chi connectivity index (χ3v) is 25.4. The number of carbonyl (C=O) groups is 8. The topological polar surface area (TPSA) is 354 Å². The van der Waals surface area contributed by atoms with E-state index in [1.807, 2.05) is 82.3 Å². The summed E-state index contributed by atoms with van der Waals surface area (Å²) in [6.07, 6.45) is 8.60. The minimum atomic E-state index is -0.953. The number of aromatic nitrogens is 2. The number of nitrogens with one attached hydrogen (secondary N) is 5. The van der Waals surface area contributed by atoms with E-state index in [4.69, 9.17) is 20.3 Å². The molecule has 8 aliphatic rings. The van der Waals surface area contributed by atoms with Gasteiger partial charge in [-0.15, -0.1) is 12.4 Å². The van der Waals surface area contributed by atoms with Gasteiger partial charge in [-0.05, 0) is 197 Å². The quantitative estimate of drug-likeness (QED) is 0.0371. The van der Waals surface area contributed by atoms with Crippen LogP contribution in [0.4, 0.5) is 23.0 Å².